The van der Waals surface area contributed by atoms with Gasteiger partial charge >= 0.3 is 6.18 Å². The molecule has 39 heavy (non-hydrogen) atoms. The molecular formula is C27H46F4N6O2. The average Bonchev–Trinajstić information content (AvgIpc) is 2.89. The van der Waals surface area contributed by atoms with E-state index >= 15 is 4.39 Å². The molecule has 5 rings (SSSR count). The first-order valence-corrected chi connectivity index (χ1v) is 14.6. The highest BCUT2D eigenvalue weighted by Gasteiger charge is 2.49. The summed E-state index contributed by atoms with van der Waals surface area (Å²) < 4.78 is 68.4. The third kappa shape index (κ3) is 6.33. The zero-order chi connectivity index (χ0) is 27.9. The summed E-state index contributed by atoms with van der Waals surface area (Å²) in [4.78, 5) is 8.50. The highest BCUT2D eigenvalue weighted by atomic mass is 19.4. The van der Waals surface area contributed by atoms with Gasteiger partial charge in [-0.05, 0) is 78.7 Å². The molecule has 4 aliphatic heterocycles. The number of hydrogen-bond acceptors (Lipinski definition) is 8. The molecule has 12 heteroatoms. The molecule has 4 fully saturated rings. The summed E-state index contributed by atoms with van der Waals surface area (Å²) in [5.74, 6) is -0.982. The molecule has 0 spiro atoms. The number of piperidine rings is 1. The fourth-order valence-electron chi connectivity index (χ4n) is 7.28. The van der Waals surface area contributed by atoms with Gasteiger partial charge in [-0.2, -0.15) is 13.2 Å². The molecule has 0 bridgehead atoms. The average molecular weight is 563 g/mol. The van der Waals surface area contributed by atoms with Crippen LogP contribution >= 0.6 is 0 Å². The Morgan fingerprint density at radius 2 is 1.82 bits per heavy atom. The number of allylic oxidation sites excluding steroid dienone is 1. The number of morpholine rings is 1. The van der Waals surface area contributed by atoms with E-state index in [1.165, 1.54) is 6.08 Å². The van der Waals surface area contributed by atoms with Gasteiger partial charge in [0.05, 0.1) is 56.8 Å². The van der Waals surface area contributed by atoms with Crippen LogP contribution in [0.5, 0.6) is 0 Å². The molecule has 8 atom stereocenters. The minimum atomic E-state index is -4.26. The van der Waals surface area contributed by atoms with E-state index in [1.807, 2.05) is 30.8 Å². The third-order valence-corrected chi connectivity index (χ3v) is 9.58. The maximum absolute atomic E-state index is 16.5. The predicted molar refractivity (Wildman–Crippen MR) is 140 cm³/mol. The number of nitrogens with one attached hydrogen (secondary N) is 1. The SMILES string of the molecule is CC1COCC(C2=CC(C(F)(F)F)CCC2)N1C1C(F)C(NCC2CCN(C3COC3N)CC2)N(C)CN1C. The number of nitrogens with two attached hydrogens (primary N) is 1. The van der Waals surface area contributed by atoms with E-state index in [9.17, 15) is 13.2 Å². The number of halogens is 4. The molecule has 4 heterocycles. The van der Waals surface area contributed by atoms with E-state index < -0.39 is 30.6 Å². The first kappa shape index (κ1) is 29.6. The van der Waals surface area contributed by atoms with Crippen LogP contribution in [0, 0.1) is 11.8 Å². The fraction of sp³-hybridized carbons (Fsp3) is 0.926. The second-order valence-corrected chi connectivity index (χ2v) is 12.3. The number of nitrogens with zero attached hydrogens (tertiary/aromatic N) is 4. The molecule has 0 aromatic carbocycles. The van der Waals surface area contributed by atoms with Gasteiger partial charge in [-0.1, -0.05) is 11.6 Å². The zero-order valence-corrected chi connectivity index (χ0v) is 23.5. The lowest BCUT2D eigenvalue weighted by molar-refractivity contribution is -0.167. The largest absolute Gasteiger partial charge is 0.395 e. The van der Waals surface area contributed by atoms with Gasteiger partial charge in [0.1, 0.15) is 6.23 Å². The predicted octanol–water partition coefficient (Wildman–Crippen LogP) is 2.17. The Bertz CT molecular complexity index is 857. The maximum atomic E-state index is 16.5. The Balaban J connectivity index is 1.26. The highest BCUT2D eigenvalue weighted by molar-refractivity contribution is 5.19. The summed E-state index contributed by atoms with van der Waals surface area (Å²) in [7, 11) is 3.83. The highest BCUT2D eigenvalue weighted by Crippen LogP contribution is 2.39. The number of ether oxygens (including phenoxy) is 2. The molecule has 0 aromatic heterocycles. The van der Waals surface area contributed by atoms with Gasteiger partial charge in [-0.3, -0.25) is 24.9 Å². The summed E-state index contributed by atoms with van der Waals surface area (Å²) in [5.41, 5.74) is 6.70. The normalized spacial score (nSPS) is 40.9. The summed E-state index contributed by atoms with van der Waals surface area (Å²) in [6, 6.07) is -0.166. The van der Waals surface area contributed by atoms with Crippen molar-refractivity contribution in [1.82, 2.24) is 24.9 Å². The van der Waals surface area contributed by atoms with Crippen LogP contribution in [-0.4, -0.2) is 129 Å². The van der Waals surface area contributed by atoms with Gasteiger partial charge in [-0.25, -0.2) is 4.39 Å². The lowest BCUT2D eigenvalue weighted by atomic mass is 9.85. The molecule has 8 nitrogen and oxygen atoms in total. The van der Waals surface area contributed by atoms with Crippen molar-refractivity contribution in [2.75, 3.05) is 60.2 Å². The molecule has 8 unspecified atom stereocenters. The Kier molecular flexibility index (Phi) is 9.24. The molecule has 0 aromatic rings. The van der Waals surface area contributed by atoms with Gasteiger partial charge in [0.15, 0.2) is 6.17 Å². The summed E-state index contributed by atoms with van der Waals surface area (Å²) in [5, 5.41) is 3.53. The van der Waals surface area contributed by atoms with Gasteiger partial charge in [0, 0.05) is 6.04 Å². The van der Waals surface area contributed by atoms with Crippen LogP contribution in [0.1, 0.15) is 39.0 Å². The van der Waals surface area contributed by atoms with Crippen molar-refractivity contribution in [3.8, 4) is 0 Å². The van der Waals surface area contributed by atoms with Crippen molar-refractivity contribution < 1.29 is 27.0 Å². The Morgan fingerprint density at radius 3 is 2.46 bits per heavy atom. The maximum Gasteiger partial charge on any atom is 0.395 e. The summed E-state index contributed by atoms with van der Waals surface area (Å²) in [6.45, 7) is 6.65. The Labute approximate surface area is 229 Å². The van der Waals surface area contributed by atoms with Crippen LogP contribution in [0.4, 0.5) is 17.6 Å². The number of likely N-dealkylation sites (tertiary alicyclic amines) is 1. The Morgan fingerprint density at radius 1 is 1.08 bits per heavy atom. The number of rotatable bonds is 6. The quantitative estimate of drug-likeness (QED) is 0.377. The van der Waals surface area contributed by atoms with E-state index in [0.29, 0.717) is 51.3 Å². The molecule has 4 saturated heterocycles. The van der Waals surface area contributed by atoms with Crippen LogP contribution in [0.2, 0.25) is 0 Å². The van der Waals surface area contributed by atoms with E-state index in [4.69, 9.17) is 15.2 Å². The van der Waals surface area contributed by atoms with E-state index in [-0.39, 0.29) is 24.7 Å². The van der Waals surface area contributed by atoms with Crippen LogP contribution < -0.4 is 11.1 Å². The van der Waals surface area contributed by atoms with Gasteiger partial charge in [0.2, 0.25) is 0 Å². The summed E-state index contributed by atoms with van der Waals surface area (Å²) >= 11 is 0. The van der Waals surface area contributed by atoms with E-state index in [2.05, 4.69) is 15.1 Å². The third-order valence-electron chi connectivity index (χ3n) is 9.58. The fourth-order valence-corrected chi connectivity index (χ4v) is 7.28. The molecule has 0 amide bonds. The molecule has 1 aliphatic carbocycles. The second-order valence-electron chi connectivity index (χ2n) is 12.3. The summed E-state index contributed by atoms with van der Waals surface area (Å²) in [6.07, 6.45) is -2.07. The zero-order valence-electron chi connectivity index (χ0n) is 23.5. The first-order valence-electron chi connectivity index (χ1n) is 14.6. The van der Waals surface area contributed by atoms with Gasteiger partial charge < -0.3 is 15.2 Å². The van der Waals surface area contributed by atoms with Crippen molar-refractivity contribution in [1.29, 1.82) is 0 Å². The van der Waals surface area contributed by atoms with Crippen molar-refractivity contribution in [2.45, 2.75) is 88.1 Å². The molecule has 224 valence electrons. The monoisotopic (exact) mass is 562 g/mol. The lowest BCUT2D eigenvalue weighted by Crippen LogP contribution is -2.72. The number of hydrogen-bond donors (Lipinski definition) is 2. The standard InChI is InChI=1S/C27H46F4N6O2/c1-17-13-38-14-21(19-5-4-6-20(11-19)27(29,30)31)37(17)26-23(28)25(34(2)16-35(26)3)33-12-18-7-9-36(10-8-18)22-15-39-24(22)32/h11,17-18,20-26,33H,4-10,12-16,32H2,1-3H3. The molecule has 0 radical (unpaired) electrons. The van der Waals surface area contributed by atoms with Gasteiger partial charge in [-0.15, -0.1) is 0 Å². The second kappa shape index (κ2) is 12.2. The molecule has 3 N–H and O–H groups in total. The molecule has 0 saturated carbocycles. The van der Waals surface area contributed by atoms with Crippen molar-refractivity contribution in [3.63, 3.8) is 0 Å². The molecule has 5 aliphatic rings. The van der Waals surface area contributed by atoms with E-state index in [0.717, 1.165) is 38.0 Å². The smallest absolute Gasteiger partial charge is 0.378 e. The number of alkyl halides is 4. The van der Waals surface area contributed by atoms with E-state index in [1.54, 1.807) is 0 Å². The lowest BCUT2D eigenvalue weighted by Gasteiger charge is -2.55. The van der Waals surface area contributed by atoms with Crippen molar-refractivity contribution in [3.05, 3.63) is 11.6 Å². The Hall–Kier alpha value is -0.860. The minimum Gasteiger partial charge on any atom is -0.378 e. The molecular weight excluding hydrogens is 516 g/mol. The van der Waals surface area contributed by atoms with Crippen molar-refractivity contribution in [2.24, 2.45) is 17.6 Å². The van der Waals surface area contributed by atoms with Crippen molar-refractivity contribution >= 4 is 0 Å². The van der Waals surface area contributed by atoms with Crippen LogP contribution in [0.15, 0.2) is 11.6 Å². The topological polar surface area (TPSA) is 69.5 Å². The minimum absolute atomic E-state index is 0.113. The van der Waals surface area contributed by atoms with Gasteiger partial charge in [0.25, 0.3) is 0 Å². The van der Waals surface area contributed by atoms with Crippen LogP contribution in [0.25, 0.3) is 0 Å². The van der Waals surface area contributed by atoms with Crippen LogP contribution in [0.3, 0.4) is 0 Å². The van der Waals surface area contributed by atoms with Crippen LogP contribution in [-0.2, 0) is 9.47 Å². The first-order chi connectivity index (χ1) is 18.5.